The predicted molar refractivity (Wildman–Crippen MR) is 110 cm³/mol. The first kappa shape index (κ1) is 18.5. The van der Waals surface area contributed by atoms with Crippen LogP contribution in [-0.2, 0) is 16.8 Å². The van der Waals surface area contributed by atoms with Crippen molar-refractivity contribution >= 4 is 34.9 Å². The Hall–Kier alpha value is -1.86. The monoisotopic (exact) mass is 402 g/mol. The molecule has 5 nitrogen and oxygen atoms in total. The number of fused-ring (bicyclic) bond motifs is 1. The van der Waals surface area contributed by atoms with Gasteiger partial charge in [-0.1, -0.05) is 61.6 Å². The minimum atomic E-state index is -1.32. The van der Waals surface area contributed by atoms with Gasteiger partial charge in [-0.2, -0.15) is 0 Å². The fourth-order valence-corrected chi connectivity index (χ4v) is 6.71. The molecule has 27 heavy (non-hydrogen) atoms. The lowest BCUT2D eigenvalue weighted by Crippen LogP contribution is -2.67. The van der Waals surface area contributed by atoms with E-state index in [4.69, 9.17) is 16.7 Å². The van der Waals surface area contributed by atoms with Gasteiger partial charge in [0.2, 0.25) is 0 Å². The van der Waals surface area contributed by atoms with Crippen molar-refractivity contribution < 1.29 is 14.4 Å². The van der Waals surface area contributed by atoms with Gasteiger partial charge in [0.05, 0.1) is 26.4 Å². The largest absolute Gasteiger partial charge is 0.479 e. The molecule has 2 aromatic rings. The summed E-state index contributed by atoms with van der Waals surface area (Å²) in [4.78, 5) is 15.6. The van der Waals surface area contributed by atoms with E-state index in [9.17, 15) is 9.90 Å². The topological polar surface area (TPSA) is 66.6 Å². The zero-order valence-corrected chi connectivity index (χ0v) is 17.4. The number of carboxylic acid groups (broad SMARTS) is 1. The highest BCUT2D eigenvalue weighted by atomic mass is 32.2. The molecule has 0 unspecified atom stereocenters. The third-order valence-corrected chi connectivity index (χ3v) is 8.08. The van der Waals surface area contributed by atoms with E-state index < -0.39 is 16.3 Å². The Morgan fingerprint density at radius 3 is 2.63 bits per heavy atom. The summed E-state index contributed by atoms with van der Waals surface area (Å²) in [5.74, 6) is -0.214. The van der Waals surface area contributed by atoms with Gasteiger partial charge in [-0.25, -0.2) is 4.79 Å². The molecular formula is C20H22N2O3S2. The van der Waals surface area contributed by atoms with Gasteiger partial charge in [0.25, 0.3) is 0 Å². The van der Waals surface area contributed by atoms with E-state index >= 15 is 0 Å². The summed E-state index contributed by atoms with van der Waals surface area (Å²) in [5.41, 5.74) is 0.817. The number of hydrogen-bond acceptors (Lipinski definition) is 5. The number of thioether (sulfide) groups is 1. The standard InChI is InChI=1S/C20H22N2O3S2/c1-5-13-14(15(25-21-13)12-9-7-6-8-10-12)20(18(23)24)19(3,4)27-17-11(2)16(26)22(17)20/h6-11,17H,5H2,1-4H3,(H,23,24)/t11-,17-,20+/m1/s1. The van der Waals surface area contributed by atoms with Crippen LogP contribution >= 0.6 is 24.0 Å². The number of hydrogen-bond donors (Lipinski definition) is 1. The maximum absolute atomic E-state index is 12.9. The summed E-state index contributed by atoms with van der Waals surface area (Å²) in [5, 5.41) is 14.9. The molecule has 0 amide bonds. The van der Waals surface area contributed by atoms with Crippen LogP contribution in [0, 0.1) is 5.92 Å². The van der Waals surface area contributed by atoms with Crippen LogP contribution < -0.4 is 0 Å². The Bertz CT molecular complexity index is 925. The molecule has 0 saturated carbocycles. The Morgan fingerprint density at radius 1 is 1.37 bits per heavy atom. The first-order valence-corrected chi connectivity index (χ1v) is 10.3. The van der Waals surface area contributed by atoms with Gasteiger partial charge >= 0.3 is 5.97 Å². The molecule has 1 aromatic carbocycles. The van der Waals surface area contributed by atoms with Crippen LogP contribution in [-0.4, -0.2) is 36.2 Å². The molecule has 142 valence electrons. The number of carbonyl (C=O) groups is 1. The third kappa shape index (κ3) is 2.21. The van der Waals surface area contributed by atoms with Crippen LogP contribution in [0.15, 0.2) is 34.9 Å². The summed E-state index contributed by atoms with van der Waals surface area (Å²) >= 11 is 7.30. The molecular weight excluding hydrogens is 380 g/mol. The quantitative estimate of drug-likeness (QED) is 0.764. The van der Waals surface area contributed by atoms with Crippen molar-refractivity contribution in [2.24, 2.45) is 5.92 Å². The van der Waals surface area contributed by atoms with Crippen LogP contribution in [0.4, 0.5) is 0 Å². The zero-order chi connectivity index (χ0) is 19.6. The molecule has 3 atom stereocenters. The van der Waals surface area contributed by atoms with E-state index in [2.05, 4.69) is 12.1 Å². The SMILES string of the molecule is CCc1noc(-c2ccccc2)c1[C@@]1(C(=O)O)N2C(=S)[C@@H](C)[C@H]2SC1(C)C. The van der Waals surface area contributed by atoms with Crippen LogP contribution in [0.3, 0.4) is 0 Å². The molecule has 2 aliphatic heterocycles. The molecule has 3 heterocycles. The number of nitrogens with zero attached hydrogens (tertiary/aromatic N) is 2. The molecule has 0 spiro atoms. The van der Waals surface area contributed by atoms with Crippen molar-refractivity contribution in [2.45, 2.75) is 49.8 Å². The summed E-state index contributed by atoms with van der Waals surface area (Å²) in [7, 11) is 0. The summed E-state index contributed by atoms with van der Waals surface area (Å²) < 4.78 is 5.12. The highest BCUT2D eigenvalue weighted by Crippen LogP contribution is 2.64. The Morgan fingerprint density at radius 2 is 2.04 bits per heavy atom. The lowest BCUT2D eigenvalue weighted by atomic mass is 9.73. The van der Waals surface area contributed by atoms with Crippen molar-refractivity contribution in [3.63, 3.8) is 0 Å². The van der Waals surface area contributed by atoms with E-state index in [0.29, 0.717) is 28.4 Å². The van der Waals surface area contributed by atoms with Gasteiger partial charge in [0, 0.05) is 11.5 Å². The number of thiocarbonyl (C=S) groups is 1. The predicted octanol–water partition coefficient (Wildman–Crippen LogP) is 4.31. The summed E-state index contributed by atoms with van der Waals surface area (Å²) in [6.45, 7) is 8.01. The second-order valence-electron chi connectivity index (χ2n) is 7.58. The molecule has 2 saturated heterocycles. The maximum Gasteiger partial charge on any atom is 0.336 e. The van der Waals surface area contributed by atoms with Crippen LogP contribution in [0.5, 0.6) is 0 Å². The van der Waals surface area contributed by atoms with Crippen molar-refractivity contribution in [3.05, 3.63) is 41.6 Å². The summed E-state index contributed by atoms with van der Waals surface area (Å²) in [6, 6.07) is 9.58. The van der Waals surface area contributed by atoms with Crippen LogP contribution in [0.1, 0.15) is 39.0 Å². The minimum absolute atomic E-state index is 0.0480. The van der Waals surface area contributed by atoms with Crippen molar-refractivity contribution in [1.29, 1.82) is 0 Å². The Labute approximate surface area is 168 Å². The van der Waals surface area contributed by atoms with Gasteiger partial charge in [0.1, 0.15) is 0 Å². The number of aliphatic carboxylic acids is 1. The summed E-state index contributed by atoms with van der Waals surface area (Å²) in [6.07, 6.45) is 0.586. The second kappa shape index (κ2) is 6.07. The number of benzene rings is 1. The highest BCUT2D eigenvalue weighted by molar-refractivity contribution is 8.01. The molecule has 2 aliphatic rings. The maximum atomic E-state index is 12.9. The van der Waals surface area contributed by atoms with E-state index in [1.54, 1.807) is 11.8 Å². The van der Waals surface area contributed by atoms with Gasteiger partial charge in [-0.3, -0.25) is 0 Å². The number of rotatable bonds is 4. The molecule has 0 bridgehead atoms. The van der Waals surface area contributed by atoms with Crippen LogP contribution in [0.25, 0.3) is 11.3 Å². The van der Waals surface area contributed by atoms with E-state index in [1.165, 1.54) is 0 Å². The molecule has 1 N–H and O–H groups in total. The smallest absolute Gasteiger partial charge is 0.336 e. The molecule has 1 aromatic heterocycles. The average molecular weight is 403 g/mol. The third-order valence-electron chi connectivity index (χ3n) is 5.76. The van der Waals surface area contributed by atoms with Gasteiger partial charge in [-0.05, 0) is 20.3 Å². The van der Waals surface area contributed by atoms with Crippen LogP contribution in [0.2, 0.25) is 0 Å². The fourth-order valence-electron chi connectivity index (χ4n) is 4.41. The molecule has 0 aliphatic carbocycles. The first-order chi connectivity index (χ1) is 12.8. The second-order valence-corrected chi connectivity index (χ2v) is 9.74. The van der Waals surface area contributed by atoms with Gasteiger partial charge < -0.3 is 14.5 Å². The lowest BCUT2D eigenvalue weighted by Gasteiger charge is -2.51. The molecule has 0 radical (unpaired) electrons. The minimum Gasteiger partial charge on any atom is -0.479 e. The van der Waals surface area contributed by atoms with Crippen molar-refractivity contribution in [1.82, 2.24) is 10.1 Å². The molecule has 2 fully saturated rings. The fraction of sp³-hybridized carbons (Fsp3) is 0.450. The Kier molecular flexibility index (Phi) is 4.16. The van der Waals surface area contributed by atoms with E-state index in [1.807, 2.05) is 56.0 Å². The van der Waals surface area contributed by atoms with Crippen molar-refractivity contribution in [2.75, 3.05) is 0 Å². The first-order valence-electron chi connectivity index (χ1n) is 9.06. The molecule has 4 rings (SSSR count). The van der Waals surface area contributed by atoms with Gasteiger partial charge in [-0.15, -0.1) is 11.8 Å². The number of carboxylic acids is 1. The highest BCUT2D eigenvalue weighted by Gasteiger charge is 2.72. The number of aromatic nitrogens is 1. The normalized spacial score (nSPS) is 28.7. The van der Waals surface area contributed by atoms with Gasteiger partial charge in [0.15, 0.2) is 11.3 Å². The van der Waals surface area contributed by atoms with E-state index in [0.717, 1.165) is 5.56 Å². The Balaban J connectivity index is 2.04. The zero-order valence-electron chi connectivity index (χ0n) is 15.7. The van der Waals surface area contributed by atoms with E-state index in [-0.39, 0.29) is 11.3 Å². The van der Waals surface area contributed by atoms with Crippen molar-refractivity contribution in [3.8, 4) is 11.3 Å². The average Bonchev–Trinajstić information content (AvgIpc) is 3.17. The molecule has 7 heteroatoms. The number of aryl methyl sites for hydroxylation is 1. The lowest BCUT2D eigenvalue weighted by molar-refractivity contribution is -0.152.